The number of anilines is 1. The monoisotopic (exact) mass is 295 g/mol. The standard InChI is InChI=1S/C10H8ClF2N3O.ClH/c11-5-1-2-8(17-10(12)13)6(3-5)9-7(14)4-15-16-9;/h1-4,10H,14H2,(H,15,16);1H. The van der Waals surface area contributed by atoms with E-state index in [9.17, 15) is 8.78 Å². The smallest absolute Gasteiger partial charge is 0.387 e. The van der Waals surface area contributed by atoms with Gasteiger partial charge < -0.3 is 10.5 Å². The lowest BCUT2D eigenvalue weighted by molar-refractivity contribution is -0.0494. The second kappa shape index (κ2) is 5.88. The van der Waals surface area contributed by atoms with Crippen LogP contribution in [-0.4, -0.2) is 16.8 Å². The Morgan fingerprint density at radius 3 is 2.67 bits per heavy atom. The summed E-state index contributed by atoms with van der Waals surface area (Å²) in [6, 6.07) is 4.28. The number of hydrogen-bond acceptors (Lipinski definition) is 3. The first-order valence-electron chi connectivity index (χ1n) is 4.61. The summed E-state index contributed by atoms with van der Waals surface area (Å²) in [5.74, 6) is -0.0136. The lowest BCUT2D eigenvalue weighted by atomic mass is 10.1. The van der Waals surface area contributed by atoms with Gasteiger partial charge in [0.15, 0.2) is 0 Å². The van der Waals surface area contributed by atoms with Crippen LogP contribution in [0.3, 0.4) is 0 Å². The molecule has 8 heteroatoms. The predicted molar refractivity (Wildman–Crippen MR) is 67.3 cm³/mol. The Balaban J connectivity index is 0.00000162. The summed E-state index contributed by atoms with van der Waals surface area (Å²) in [6.45, 7) is -2.92. The fourth-order valence-corrected chi connectivity index (χ4v) is 1.58. The van der Waals surface area contributed by atoms with Crippen molar-refractivity contribution < 1.29 is 13.5 Å². The molecular weight excluding hydrogens is 287 g/mol. The van der Waals surface area contributed by atoms with Crippen molar-refractivity contribution in [1.82, 2.24) is 10.2 Å². The molecule has 1 aromatic heterocycles. The third-order valence-electron chi connectivity index (χ3n) is 2.10. The van der Waals surface area contributed by atoms with Gasteiger partial charge >= 0.3 is 6.61 Å². The first kappa shape index (κ1) is 14.5. The third kappa shape index (κ3) is 3.02. The van der Waals surface area contributed by atoms with Crippen LogP contribution in [0.15, 0.2) is 24.4 Å². The first-order valence-corrected chi connectivity index (χ1v) is 4.99. The fraction of sp³-hybridized carbons (Fsp3) is 0.100. The molecule has 0 saturated heterocycles. The Morgan fingerprint density at radius 2 is 2.11 bits per heavy atom. The number of H-pyrrole nitrogens is 1. The Kier molecular flexibility index (Phi) is 4.75. The molecule has 0 aliphatic heterocycles. The summed E-state index contributed by atoms with van der Waals surface area (Å²) in [7, 11) is 0. The second-order valence-corrected chi connectivity index (χ2v) is 3.66. The summed E-state index contributed by atoms with van der Waals surface area (Å²) in [4.78, 5) is 0. The van der Waals surface area contributed by atoms with Gasteiger partial charge in [-0.1, -0.05) is 11.6 Å². The molecule has 0 bridgehead atoms. The molecule has 4 nitrogen and oxygen atoms in total. The van der Waals surface area contributed by atoms with E-state index in [-0.39, 0.29) is 18.2 Å². The number of nitrogen functional groups attached to an aromatic ring is 1. The van der Waals surface area contributed by atoms with E-state index in [0.29, 0.717) is 22.0 Å². The van der Waals surface area contributed by atoms with E-state index in [0.717, 1.165) is 0 Å². The molecule has 0 amide bonds. The molecular formula is C10H9Cl2F2N3O. The molecule has 18 heavy (non-hydrogen) atoms. The van der Waals surface area contributed by atoms with Gasteiger partial charge in [-0.15, -0.1) is 12.4 Å². The lowest BCUT2D eigenvalue weighted by Gasteiger charge is -2.10. The maximum Gasteiger partial charge on any atom is 0.387 e. The van der Waals surface area contributed by atoms with Gasteiger partial charge in [0, 0.05) is 10.6 Å². The Hall–Kier alpha value is -1.53. The highest BCUT2D eigenvalue weighted by atomic mass is 35.5. The van der Waals surface area contributed by atoms with Gasteiger partial charge in [0.25, 0.3) is 0 Å². The molecule has 0 saturated carbocycles. The highest BCUT2D eigenvalue weighted by Crippen LogP contribution is 2.34. The lowest BCUT2D eigenvalue weighted by Crippen LogP contribution is -2.03. The van der Waals surface area contributed by atoms with E-state index >= 15 is 0 Å². The van der Waals surface area contributed by atoms with Crippen molar-refractivity contribution in [1.29, 1.82) is 0 Å². The van der Waals surface area contributed by atoms with Crippen LogP contribution in [0.1, 0.15) is 0 Å². The zero-order valence-corrected chi connectivity index (χ0v) is 10.4. The number of ether oxygens (including phenoxy) is 1. The largest absolute Gasteiger partial charge is 0.434 e. The minimum Gasteiger partial charge on any atom is -0.434 e. The molecule has 0 aliphatic rings. The number of halogens is 4. The second-order valence-electron chi connectivity index (χ2n) is 3.22. The molecule has 0 atom stereocenters. The van der Waals surface area contributed by atoms with Crippen LogP contribution in [0.5, 0.6) is 5.75 Å². The van der Waals surface area contributed by atoms with Crippen molar-refractivity contribution in [3.05, 3.63) is 29.4 Å². The van der Waals surface area contributed by atoms with Crippen molar-refractivity contribution in [2.45, 2.75) is 6.61 Å². The average Bonchev–Trinajstić information content (AvgIpc) is 2.66. The Morgan fingerprint density at radius 1 is 1.39 bits per heavy atom. The molecule has 2 rings (SSSR count). The van der Waals surface area contributed by atoms with Crippen molar-refractivity contribution in [3.8, 4) is 17.0 Å². The van der Waals surface area contributed by atoms with Gasteiger partial charge in [-0.05, 0) is 18.2 Å². The van der Waals surface area contributed by atoms with Gasteiger partial charge in [0.2, 0.25) is 0 Å². The van der Waals surface area contributed by atoms with E-state index in [2.05, 4.69) is 14.9 Å². The highest BCUT2D eigenvalue weighted by molar-refractivity contribution is 6.31. The third-order valence-corrected chi connectivity index (χ3v) is 2.33. The summed E-state index contributed by atoms with van der Waals surface area (Å²) < 4.78 is 28.8. The summed E-state index contributed by atoms with van der Waals surface area (Å²) in [6.07, 6.45) is 1.38. The minimum absolute atomic E-state index is 0. The first-order chi connectivity index (χ1) is 8.08. The van der Waals surface area contributed by atoms with Crippen molar-refractivity contribution >= 4 is 29.7 Å². The van der Waals surface area contributed by atoms with E-state index < -0.39 is 6.61 Å². The summed E-state index contributed by atoms with van der Waals surface area (Å²) >= 11 is 5.80. The number of hydrogen-bond donors (Lipinski definition) is 2. The van der Waals surface area contributed by atoms with Crippen LogP contribution >= 0.6 is 24.0 Å². The van der Waals surface area contributed by atoms with Crippen LogP contribution in [0.2, 0.25) is 5.02 Å². The fourth-order valence-electron chi connectivity index (χ4n) is 1.41. The molecule has 2 aromatic rings. The topological polar surface area (TPSA) is 63.9 Å². The summed E-state index contributed by atoms with van der Waals surface area (Å²) in [5.41, 5.74) is 6.70. The van der Waals surface area contributed by atoms with Crippen LogP contribution in [0.4, 0.5) is 14.5 Å². The Labute approximate surface area is 112 Å². The molecule has 0 radical (unpaired) electrons. The molecule has 0 spiro atoms. The average molecular weight is 296 g/mol. The summed E-state index contributed by atoms with van der Waals surface area (Å²) in [5, 5.41) is 6.70. The number of rotatable bonds is 3. The van der Waals surface area contributed by atoms with Gasteiger partial charge in [-0.25, -0.2) is 0 Å². The zero-order valence-electron chi connectivity index (χ0n) is 8.86. The van der Waals surface area contributed by atoms with E-state index in [1.807, 2.05) is 0 Å². The van der Waals surface area contributed by atoms with Crippen molar-refractivity contribution in [2.75, 3.05) is 5.73 Å². The number of aromatic nitrogens is 2. The maximum absolute atomic E-state index is 12.2. The molecule has 1 aromatic carbocycles. The SMILES string of the molecule is Cl.Nc1cn[nH]c1-c1cc(Cl)ccc1OC(F)F. The number of nitrogens with one attached hydrogen (secondary N) is 1. The molecule has 3 N–H and O–H groups in total. The van der Waals surface area contributed by atoms with Gasteiger partial charge in [-0.3, -0.25) is 5.10 Å². The number of nitrogens with zero attached hydrogens (tertiary/aromatic N) is 1. The van der Waals surface area contributed by atoms with E-state index in [1.54, 1.807) is 0 Å². The zero-order chi connectivity index (χ0) is 12.4. The van der Waals surface area contributed by atoms with Gasteiger partial charge in [-0.2, -0.15) is 13.9 Å². The number of alkyl halides is 2. The van der Waals surface area contributed by atoms with Crippen LogP contribution in [0.25, 0.3) is 11.3 Å². The highest BCUT2D eigenvalue weighted by Gasteiger charge is 2.15. The Bertz CT molecular complexity index is 534. The van der Waals surface area contributed by atoms with Crippen LogP contribution < -0.4 is 10.5 Å². The van der Waals surface area contributed by atoms with E-state index in [4.69, 9.17) is 17.3 Å². The number of nitrogens with two attached hydrogens (primary N) is 1. The maximum atomic E-state index is 12.2. The van der Waals surface area contributed by atoms with Crippen molar-refractivity contribution in [3.63, 3.8) is 0 Å². The molecule has 1 heterocycles. The van der Waals surface area contributed by atoms with Crippen LogP contribution in [0, 0.1) is 0 Å². The quantitative estimate of drug-likeness (QED) is 0.913. The molecule has 0 fully saturated rings. The van der Waals surface area contributed by atoms with Gasteiger partial charge in [0.05, 0.1) is 17.6 Å². The normalized spacial score (nSPS) is 10.2. The number of aromatic amines is 1. The van der Waals surface area contributed by atoms with E-state index in [1.165, 1.54) is 24.4 Å². The molecule has 0 aliphatic carbocycles. The molecule has 0 unspecified atom stereocenters. The van der Waals surface area contributed by atoms with Crippen LogP contribution in [-0.2, 0) is 0 Å². The molecule has 98 valence electrons. The predicted octanol–water partition coefficient (Wildman–Crippen LogP) is 3.34. The van der Waals surface area contributed by atoms with Crippen molar-refractivity contribution in [2.24, 2.45) is 0 Å². The van der Waals surface area contributed by atoms with Gasteiger partial charge in [0.1, 0.15) is 5.75 Å². The number of benzene rings is 1. The minimum atomic E-state index is -2.92.